The zero-order valence-corrected chi connectivity index (χ0v) is 13.4. The molecule has 4 heteroatoms. The van der Waals surface area contributed by atoms with E-state index in [0.717, 1.165) is 38.6 Å². The average Bonchev–Trinajstić information content (AvgIpc) is 3.07. The van der Waals surface area contributed by atoms with Crippen LogP contribution in [0.4, 0.5) is 0 Å². The van der Waals surface area contributed by atoms with E-state index < -0.39 is 0 Å². The number of nitrogens with zero attached hydrogens (tertiary/aromatic N) is 1. The molecule has 0 radical (unpaired) electrons. The van der Waals surface area contributed by atoms with Gasteiger partial charge in [-0.15, -0.1) is 11.3 Å². The summed E-state index contributed by atoms with van der Waals surface area (Å²) in [6.07, 6.45) is 5.24. The third-order valence-electron chi connectivity index (χ3n) is 4.13. The fourth-order valence-electron chi connectivity index (χ4n) is 2.96. The minimum absolute atomic E-state index is 0.120. The molecular weight excluding hydrogens is 268 g/mol. The van der Waals surface area contributed by atoms with Gasteiger partial charge in [0.15, 0.2) is 0 Å². The van der Waals surface area contributed by atoms with Crippen molar-refractivity contribution in [1.29, 1.82) is 0 Å². The lowest BCUT2D eigenvalue weighted by Crippen LogP contribution is -2.34. The molecule has 0 bridgehead atoms. The van der Waals surface area contributed by atoms with Gasteiger partial charge in [0.05, 0.1) is 6.04 Å². The standard InChI is InChI=1S/C16H26N2OS/c1-12(6-3-7-13(2)17)16(19)18-10-4-8-14(18)15-9-5-11-20-15/h5,9,11-14H,3-4,6-8,10,17H2,1-2H3. The van der Waals surface area contributed by atoms with E-state index in [-0.39, 0.29) is 12.0 Å². The van der Waals surface area contributed by atoms with Crippen LogP contribution in [-0.4, -0.2) is 23.4 Å². The molecule has 2 heterocycles. The summed E-state index contributed by atoms with van der Waals surface area (Å²) in [5.41, 5.74) is 5.77. The second-order valence-electron chi connectivity index (χ2n) is 6.01. The summed E-state index contributed by atoms with van der Waals surface area (Å²) in [5, 5.41) is 2.10. The zero-order chi connectivity index (χ0) is 14.5. The lowest BCUT2D eigenvalue weighted by molar-refractivity contribution is -0.136. The number of amides is 1. The highest BCUT2D eigenvalue weighted by molar-refractivity contribution is 7.10. The van der Waals surface area contributed by atoms with E-state index in [2.05, 4.69) is 29.3 Å². The van der Waals surface area contributed by atoms with Gasteiger partial charge in [0.1, 0.15) is 0 Å². The minimum Gasteiger partial charge on any atom is -0.335 e. The second-order valence-corrected chi connectivity index (χ2v) is 6.99. The molecule has 1 aromatic rings. The van der Waals surface area contributed by atoms with Crippen LogP contribution in [-0.2, 0) is 4.79 Å². The molecule has 1 amide bonds. The molecule has 0 saturated carbocycles. The third-order valence-corrected chi connectivity index (χ3v) is 5.10. The largest absolute Gasteiger partial charge is 0.335 e. The van der Waals surface area contributed by atoms with Gasteiger partial charge in [-0.1, -0.05) is 19.4 Å². The highest BCUT2D eigenvalue weighted by Gasteiger charge is 2.32. The van der Waals surface area contributed by atoms with Crippen molar-refractivity contribution in [3.63, 3.8) is 0 Å². The Morgan fingerprint density at radius 1 is 1.50 bits per heavy atom. The molecule has 2 N–H and O–H groups in total. The number of hydrogen-bond donors (Lipinski definition) is 1. The Bertz CT molecular complexity index is 416. The van der Waals surface area contributed by atoms with Crippen molar-refractivity contribution in [3.8, 4) is 0 Å². The van der Waals surface area contributed by atoms with Crippen LogP contribution in [0, 0.1) is 5.92 Å². The Kier molecular flexibility index (Phi) is 5.61. The Balaban J connectivity index is 1.90. The van der Waals surface area contributed by atoms with Crippen molar-refractivity contribution in [2.45, 2.75) is 58.0 Å². The van der Waals surface area contributed by atoms with Crippen molar-refractivity contribution in [2.75, 3.05) is 6.54 Å². The third kappa shape index (κ3) is 3.83. The molecule has 1 aliphatic rings. The van der Waals surface area contributed by atoms with Crippen LogP contribution in [0.25, 0.3) is 0 Å². The molecule has 1 aromatic heterocycles. The van der Waals surface area contributed by atoms with Crippen molar-refractivity contribution < 1.29 is 4.79 Å². The van der Waals surface area contributed by atoms with Crippen LogP contribution in [0.2, 0.25) is 0 Å². The van der Waals surface area contributed by atoms with Gasteiger partial charge in [-0.25, -0.2) is 0 Å². The monoisotopic (exact) mass is 294 g/mol. The quantitative estimate of drug-likeness (QED) is 0.872. The normalized spacial score (nSPS) is 21.9. The fraction of sp³-hybridized carbons (Fsp3) is 0.688. The van der Waals surface area contributed by atoms with Gasteiger partial charge < -0.3 is 10.6 Å². The van der Waals surface area contributed by atoms with Crippen molar-refractivity contribution in [3.05, 3.63) is 22.4 Å². The molecular formula is C16H26N2OS. The summed E-state index contributed by atoms with van der Waals surface area (Å²) in [4.78, 5) is 16.1. The molecule has 3 atom stereocenters. The molecule has 0 aliphatic carbocycles. The van der Waals surface area contributed by atoms with Crippen molar-refractivity contribution in [2.24, 2.45) is 11.7 Å². The number of likely N-dealkylation sites (tertiary alicyclic amines) is 1. The second kappa shape index (κ2) is 7.23. The first kappa shape index (κ1) is 15.5. The highest BCUT2D eigenvalue weighted by atomic mass is 32.1. The first-order valence-electron chi connectivity index (χ1n) is 7.69. The fourth-order valence-corrected chi connectivity index (χ4v) is 3.83. The van der Waals surface area contributed by atoms with E-state index in [1.165, 1.54) is 4.88 Å². The maximum Gasteiger partial charge on any atom is 0.225 e. The van der Waals surface area contributed by atoms with Gasteiger partial charge in [-0.2, -0.15) is 0 Å². The topological polar surface area (TPSA) is 46.3 Å². The molecule has 2 rings (SSSR count). The summed E-state index contributed by atoms with van der Waals surface area (Å²) in [7, 11) is 0. The van der Waals surface area contributed by atoms with Gasteiger partial charge in [-0.3, -0.25) is 4.79 Å². The maximum atomic E-state index is 12.6. The Labute approximate surface area is 126 Å². The van der Waals surface area contributed by atoms with Gasteiger partial charge in [0, 0.05) is 23.4 Å². The Morgan fingerprint density at radius 2 is 2.30 bits per heavy atom. The van der Waals surface area contributed by atoms with E-state index in [9.17, 15) is 4.79 Å². The van der Waals surface area contributed by atoms with Gasteiger partial charge in [0.25, 0.3) is 0 Å². The van der Waals surface area contributed by atoms with Crippen molar-refractivity contribution >= 4 is 17.2 Å². The number of rotatable bonds is 6. The van der Waals surface area contributed by atoms with Gasteiger partial charge >= 0.3 is 0 Å². The SMILES string of the molecule is CC(N)CCCC(C)C(=O)N1CCCC1c1cccs1. The summed E-state index contributed by atoms with van der Waals surface area (Å²) in [5.74, 6) is 0.444. The molecule has 112 valence electrons. The summed E-state index contributed by atoms with van der Waals surface area (Å²) < 4.78 is 0. The van der Waals surface area contributed by atoms with E-state index in [1.807, 2.05) is 6.92 Å². The molecule has 1 aliphatic heterocycles. The lowest BCUT2D eigenvalue weighted by Gasteiger charge is -2.27. The molecule has 0 spiro atoms. The van der Waals surface area contributed by atoms with Crippen LogP contribution in [0.1, 0.15) is 56.9 Å². The number of nitrogens with two attached hydrogens (primary N) is 1. The van der Waals surface area contributed by atoms with E-state index in [1.54, 1.807) is 11.3 Å². The van der Waals surface area contributed by atoms with Crippen LogP contribution >= 0.6 is 11.3 Å². The first-order chi connectivity index (χ1) is 9.59. The Morgan fingerprint density at radius 3 is 2.95 bits per heavy atom. The van der Waals surface area contributed by atoms with Crippen LogP contribution in [0.5, 0.6) is 0 Å². The molecule has 1 fully saturated rings. The first-order valence-corrected chi connectivity index (χ1v) is 8.57. The summed E-state index contributed by atoms with van der Waals surface area (Å²) >= 11 is 1.76. The summed E-state index contributed by atoms with van der Waals surface area (Å²) in [6, 6.07) is 4.79. The Hall–Kier alpha value is -0.870. The van der Waals surface area contributed by atoms with E-state index >= 15 is 0 Å². The predicted molar refractivity (Wildman–Crippen MR) is 84.7 cm³/mol. The number of hydrogen-bond acceptors (Lipinski definition) is 3. The van der Waals surface area contributed by atoms with Gasteiger partial charge in [-0.05, 0) is 44.1 Å². The minimum atomic E-state index is 0.120. The van der Waals surface area contributed by atoms with Gasteiger partial charge in [0.2, 0.25) is 5.91 Å². The van der Waals surface area contributed by atoms with Crippen LogP contribution in [0.3, 0.4) is 0 Å². The van der Waals surface area contributed by atoms with E-state index in [4.69, 9.17) is 5.73 Å². The number of thiophene rings is 1. The van der Waals surface area contributed by atoms with Crippen molar-refractivity contribution in [1.82, 2.24) is 4.90 Å². The number of carbonyl (C=O) groups is 1. The molecule has 0 aromatic carbocycles. The lowest BCUT2D eigenvalue weighted by atomic mass is 10.0. The number of carbonyl (C=O) groups excluding carboxylic acids is 1. The zero-order valence-electron chi connectivity index (χ0n) is 12.5. The molecule has 20 heavy (non-hydrogen) atoms. The maximum absolute atomic E-state index is 12.6. The van der Waals surface area contributed by atoms with E-state index in [0.29, 0.717) is 11.9 Å². The molecule has 1 saturated heterocycles. The predicted octanol–water partition coefficient (Wildman–Crippen LogP) is 3.57. The van der Waals surface area contributed by atoms with Crippen LogP contribution in [0.15, 0.2) is 17.5 Å². The molecule has 3 unspecified atom stereocenters. The average molecular weight is 294 g/mol. The smallest absolute Gasteiger partial charge is 0.225 e. The van der Waals surface area contributed by atoms with Crippen LogP contribution < -0.4 is 5.73 Å². The molecule has 3 nitrogen and oxygen atoms in total. The highest BCUT2D eigenvalue weighted by Crippen LogP contribution is 2.35. The summed E-state index contributed by atoms with van der Waals surface area (Å²) in [6.45, 7) is 5.01.